The SMILES string of the molecule is CS(=O)(=O)N1CCc2cc(C(=O)CN3CCN(C4CCCCC4)C(=O)C3)ccc21. The van der Waals surface area contributed by atoms with Crippen LogP contribution in [0.4, 0.5) is 5.69 Å². The van der Waals surface area contributed by atoms with E-state index < -0.39 is 10.0 Å². The van der Waals surface area contributed by atoms with Gasteiger partial charge in [-0.05, 0) is 43.0 Å². The second-order valence-corrected chi connectivity index (χ2v) is 10.3. The van der Waals surface area contributed by atoms with Crippen LogP contribution in [0, 0.1) is 0 Å². The Morgan fingerprint density at radius 3 is 2.55 bits per heavy atom. The molecule has 2 heterocycles. The zero-order valence-electron chi connectivity index (χ0n) is 17.0. The molecule has 0 unspecified atom stereocenters. The van der Waals surface area contributed by atoms with E-state index in [-0.39, 0.29) is 18.2 Å². The minimum absolute atomic E-state index is 0.0236. The van der Waals surface area contributed by atoms with E-state index >= 15 is 0 Å². The number of carbonyl (C=O) groups excluding carboxylic acids is 2. The Bertz CT molecular complexity index is 909. The van der Waals surface area contributed by atoms with Crippen molar-refractivity contribution in [1.82, 2.24) is 9.80 Å². The maximum atomic E-state index is 12.8. The summed E-state index contributed by atoms with van der Waals surface area (Å²) >= 11 is 0. The molecule has 1 aliphatic carbocycles. The lowest BCUT2D eigenvalue weighted by Crippen LogP contribution is -2.55. The molecule has 2 aliphatic heterocycles. The third-order valence-corrected chi connectivity index (χ3v) is 7.55. The van der Waals surface area contributed by atoms with Gasteiger partial charge in [-0.25, -0.2) is 8.42 Å². The lowest BCUT2D eigenvalue weighted by Gasteiger charge is -2.40. The summed E-state index contributed by atoms with van der Waals surface area (Å²) in [4.78, 5) is 29.4. The van der Waals surface area contributed by atoms with Crippen molar-refractivity contribution in [2.75, 3.05) is 43.3 Å². The summed E-state index contributed by atoms with van der Waals surface area (Å²) in [5.74, 6) is 0.109. The number of hydrogen-bond donors (Lipinski definition) is 0. The van der Waals surface area contributed by atoms with Gasteiger partial charge < -0.3 is 4.90 Å². The van der Waals surface area contributed by atoms with Crippen LogP contribution in [0.3, 0.4) is 0 Å². The normalized spacial score (nSPS) is 21.5. The number of sulfonamides is 1. The van der Waals surface area contributed by atoms with Crippen molar-refractivity contribution < 1.29 is 18.0 Å². The van der Waals surface area contributed by atoms with Crippen molar-refractivity contribution in [3.8, 4) is 0 Å². The van der Waals surface area contributed by atoms with Crippen LogP contribution in [0.15, 0.2) is 18.2 Å². The van der Waals surface area contributed by atoms with Gasteiger partial charge in [0.1, 0.15) is 0 Å². The largest absolute Gasteiger partial charge is 0.337 e. The van der Waals surface area contributed by atoms with Crippen LogP contribution >= 0.6 is 0 Å². The summed E-state index contributed by atoms with van der Waals surface area (Å²) in [6.07, 6.45) is 7.68. The van der Waals surface area contributed by atoms with Crippen molar-refractivity contribution >= 4 is 27.4 Å². The fourth-order valence-electron chi connectivity index (χ4n) is 4.83. The van der Waals surface area contributed by atoms with Gasteiger partial charge in [0.2, 0.25) is 15.9 Å². The lowest BCUT2D eigenvalue weighted by atomic mass is 9.93. The van der Waals surface area contributed by atoms with Gasteiger partial charge in [0.05, 0.1) is 25.0 Å². The Hall–Kier alpha value is -1.93. The lowest BCUT2D eigenvalue weighted by molar-refractivity contribution is -0.139. The number of benzene rings is 1. The smallest absolute Gasteiger partial charge is 0.237 e. The number of rotatable bonds is 5. The van der Waals surface area contributed by atoms with E-state index in [4.69, 9.17) is 0 Å². The number of Topliss-reactive ketones (excluding diaryl/α,β-unsaturated/α-hetero) is 1. The number of anilines is 1. The fourth-order valence-corrected chi connectivity index (χ4v) is 5.79. The van der Waals surface area contributed by atoms with Crippen molar-refractivity contribution in [2.24, 2.45) is 0 Å². The Morgan fingerprint density at radius 2 is 1.86 bits per heavy atom. The van der Waals surface area contributed by atoms with E-state index in [0.29, 0.717) is 43.3 Å². The zero-order chi connectivity index (χ0) is 20.6. The molecule has 1 amide bonds. The molecule has 0 radical (unpaired) electrons. The number of piperazine rings is 1. The van der Waals surface area contributed by atoms with Crippen LogP contribution < -0.4 is 4.31 Å². The standard InChI is InChI=1S/C21H29N3O4S/c1-29(27,28)24-10-9-16-13-17(7-8-19(16)24)20(25)14-22-11-12-23(21(26)15-22)18-5-3-2-4-6-18/h7-8,13,18H,2-6,9-12,14-15H2,1H3. The van der Waals surface area contributed by atoms with Gasteiger partial charge >= 0.3 is 0 Å². The first kappa shape index (κ1) is 20.3. The molecule has 4 rings (SSSR count). The number of fused-ring (bicyclic) bond motifs is 1. The van der Waals surface area contributed by atoms with E-state index in [1.165, 1.54) is 29.8 Å². The van der Waals surface area contributed by atoms with E-state index in [1.807, 2.05) is 15.9 Å². The average Bonchev–Trinajstić information content (AvgIpc) is 3.12. The summed E-state index contributed by atoms with van der Waals surface area (Å²) in [6, 6.07) is 5.61. The summed E-state index contributed by atoms with van der Waals surface area (Å²) < 4.78 is 25.1. The van der Waals surface area contributed by atoms with Crippen LogP contribution in [0.25, 0.3) is 0 Å². The number of amides is 1. The van der Waals surface area contributed by atoms with Crippen LogP contribution in [0.2, 0.25) is 0 Å². The highest BCUT2D eigenvalue weighted by molar-refractivity contribution is 7.92. The molecule has 3 aliphatic rings. The van der Waals surface area contributed by atoms with Gasteiger partial charge in [-0.2, -0.15) is 0 Å². The molecule has 1 aromatic rings. The van der Waals surface area contributed by atoms with E-state index in [2.05, 4.69) is 0 Å². The maximum absolute atomic E-state index is 12.8. The minimum atomic E-state index is -3.29. The average molecular weight is 420 g/mol. The summed E-state index contributed by atoms with van der Waals surface area (Å²) in [7, 11) is -3.29. The molecule has 8 heteroatoms. The predicted molar refractivity (Wildman–Crippen MR) is 112 cm³/mol. The summed E-state index contributed by atoms with van der Waals surface area (Å²) in [5.41, 5.74) is 2.14. The van der Waals surface area contributed by atoms with Crippen LogP contribution in [-0.4, -0.2) is 74.9 Å². The summed E-state index contributed by atoms with van der Waals surface area (Å²) in [6.45, 7) is 2.36. The Balaban J connectivity index is 1.37. The number of nitrogens with zero attached hydrogens (tertiary/aromatic N) is 3. The highest BCUT2D eigenvalue weighted by Gasteiger charge is 2.31. The molecule has 0 spiro atoms. The first-order valence-corrected chi connectivity index (χ1v) is 12.3. The van der Waals surface area contributed by atoms with Gasteiger partial charge in [0.25, 0.3) is 0 Å². The van der Waals surface area contributed by atoms with Crippen molar-refractivity contribution in [3.05, 3.63) is 29.3 Å². The van der Waals surface area contributed by atoms with Crippen LogP contribution in [-0.2, 0) is 21.2 Å². The van der Waals surface area contributed by atoms with Gasteiger partial charge in [-0.3, -0.25) is 18.8 Å². The van der Waals surface area contributed by atoms with Gasteiger partial charge in [-0.1, -0.05) is 19.3 Å². The molecule has 158 valence electrons. The fraction of sp³-hybridized carbons (Fsp3) is 0.619. The van der Waals surface area contributed by atoms with E-state index in [0.717, 1.165) is 24.9 Å². The molecule has 0 N–H and O–H groups in total. The predicted octanol–water partition coefficient (Wildman–Crippen LogP) is 1.67. The zero-order valence-corrected chi connectivity index (χ0v) is 17.8. The molecule has 0 atom stereocenters. The van der Waals surface area contributed by atoms with E-state index in [9.17, 15) is 18.0 Å². The molecule has 0 bridgehead atoms. The Morgan fingerprint density at radius 1 is 1.10 bits per heavy atom. The van der Waals surface area contributed by atoms with Crippen LogP contribution in [0.5, 0.6) is 0 Å². The van der Waals surface area contributed by atoms with Gasteiger partial charge in [-0.15, -0.1) is 0 Å². The Kier molecular flexibility index (Phi) is 5.66. The maximum Gasteiger partial charge on any atom is 0.237 e. The van der Waals surface area contributed by atoms with Crippen molar-refractivity contribution in [1.29, 1.82) is 0 Å². The highest BCUT2D eigenvalue weighted by atomic mass is 32.2. The number of ketones is 1. The number of carbonyl (C=O) groups is 2. The van der Waals surface area contributed by atoms with E-state index in [1.54, 1.807) is 12.1 Å². The molecular formula is C21H29N3O4S. The first-order valence-electron chi connectivity index (χ1n) is 10.5. The molecule has 2 fully saturated rings. The second kappa shape index (κ2) is 8.07. The minimum Gasteiger partial charge on any atom is -0.337 e. The molecule has 1 saturated carbocycles. The molecule has 7 nitrogen and oxygen atoms in total. The topological polar surface area (TPSA) is 78.0 Å². The van der Waals surface area contributed by atoms with Crippen molar-refractivity contribution in [3.63, 3.8) is 0 Å². The highest BCUT2D eigenvalue weighted by Crippen LogP contribution is 2.31. The number of hydrogen-bond acceptors (Lipinski definition) is 5. The molecule has 1 saturated heterocycles. The third-order valence-electron chi connectivity index (χ3n) is 6.37. The molecular weight excluding hydrogens is 390 g/mol. The summed E-state index contributed by atoms with van der Waals surface area (Å²) in [5, 5.41) is 0. The quantitative estimate of drug-likeness (QED) is 0.679. The second-order valence-electron chi connectivity index (χ2n) is 8.44. The molecule has 1 aromatic carbocycles. The first-order chi connectivity index (χ1) is 13.8. The van der Waals surface area contributed by atoms with Crippen molar-refractivity contribution in [2.45, 2.75) is 44.6 Å². The molecule has 0 aromatic heterocycles. The monoisotopic (exact) mass is 419 g/mol. The molecule has 29 heavy (non-hydrogen) atoms. The van der Waals surface area contributed by atoms with Crippen LogP contribution in [0.1, 0.15) is 48.0 Å². The third kappa shape index (κ3) is 4.33. The van der Waals surface area contributed by atoms with Gasteiger partial charge in [0, 0.05) is 31.2 Å². The van der Waals surface area contributed by atoms with Gasteiger partial charge in [0.15, 0.2) is 5.78 Å². The Labute approximate surface area is 172 Å².